The quantitative estimate of drug-likeness (QED) is 0.373. The van der Waals surface area contributed by atoms with Gasteiger partial charge in [-0.15, -0.1) is 0 Å². The van der Waals surface area contributed by atoms with Gasteiger partial charge in [0.15, 0.2) is 10.9 Å². The first-order valence-electron chi connectivity index (χ1n) is 5.75. The van der Waals surface area contributed by atoms with E-state index < -0.39 is 4.92 Å². The molecule has 0 bridgehead atoms. The standard InChI is InChI=1S/C12H8Cl2N4O3S/c13-7-1-3-10(9(14)5-7)16-12(22)17-15-6-8-2-4-11(21-8)18(19)20/h1-6H,(H2,16,17,22). The van der Waals surface area contributed by atoms with Crippen molar-refractivity contribution in [3.8, 4) is 0 Å². The lowest BCUT2D eigenvalue weighted by Crippen LogP contribution is -2.23. The first-order chi connectivity index (χ1) is 10.5. The van der Waals surface area contributed by atoms with Crippen LogP contribution in [0.3, 0.4) is 0 Å². The molecule has 0 unspecified atom stereocenters. The van der Waals surface area contributed by atoms with E-state index in [2.05, 4.69) is 15.8 Å². The molecule has 10 heteroatoms. The minimum Gasteiger partial charge on any atom is -0.400 e. The Balaban J connectivity index is 1.91. The van der Waals surface area contributed by atoms with Gasteiger partial charge in [0.1, 0.15) is 4.92 Å². The Bertz CT molecular complexity index is 748. The minimum absolute atomic E-state index is 0.182. The Morgan fingerprint density at radius 1 is 1.36 bits per heavy atom. The Kier molecular flexibility index (Phi) is 5.31. The van der Waals surface area contributed by atoms with Crippen LogP contribution in [0, 0.1) is 10.1 Å². The highest BCUT2D eigenvalue weighted by molar-refractivity contribution is 7.80. The summed E-state index contributed by atoms with van der Waals surface area (Å²) in [6, 6.07) is 7.53. The maximum absolute atomic E-state index is 10.5. The number of rotatable bonds is 4. The van der Waals surface area contributed by atoms with Gasteiger partial charge in [-0.2, -0.15) is 5.10 Å². The van der Waals surface area contributed by atoms with Crippen molar-refractivity contribution >= 4 is 58.3 Å². The maximum Gasteiger partial charge on any atom is 0.433 e. The number of halogens is 2. The highest BCUT2D eigenvalue weighted by atomic mass is 35.5. The Hall–Kier alpha value is -2.16. The fraction of sp³-hybridized carbons (Fsp3) is 0. The molecule has 0 atom stereocenters. The normalized spacial score (nSPS) is 10.6. The summed E-state index contributed by atoms with van der Waals surface area (Å²) >= 11 is 16.8. The van der Waals surface area contributed by atoms with Crippen molar-refractivity contribution in [2.24, 2.45) is 5.10 Å². The second-order valence-corrected chi connectivity index (χ2v) is 5.13. The number of nitrogens with one attached hydrogen (secondary N) is 2. The molecule has 114 valence electrons. The SMILES string of the molecule is O=[N+]([O-])c1ccc(C=NNC(=S)Nc2ccc(Cl)cc2Cl)o1. The molecule has 0 fully saturated rings. The Labute approximate surface area is 140 Å². The van der Waals surface area contributed by atoms with E-state index in [0.29, 0.717) is 15.7 Å². The van der Waals surface area contributed by atoms with Crippen LogP contribution in [0.4, 0.5) is 11.6 Å². The lowest BCUT2D eigenvalue weighted by Gasteiger charge is -2.08. The molecule has 7 nitrogen and oxygen atoms in total. The molecule has 0 saturated carbocycles. The lowest BCUT2D eigenvalue weighted by molar-refractivity contribution is -0.402. The summed E-state index contributed by atoms with van der Waals surface area (Å²) < 4.78 is 4.89. The molecule has 0 saturated heterocycles. The van der Waals surface area contributed by atoms with Crippen LogP contribution in [0.1, 0.15) is 5.76 Å². The van der Waals surface area contributed by atoms with Gasteiger partial charge in [-0.05, 0) is 36.5 Å². The van der Waals surface area contributed by atoms with Crippen LogP contribution >= 0.6 is 35.4 Å². The molecule has 0 aliphatic carbocycles. The van der Waals surface area contributed by atoms with Crippen LogP contribution in [0.2, 0.25) is 10.0 Å². The largest absolute Gasteiger partial charge is 0.433 e. The van der Waals surface area contributed by atoms with Crippen LogP contribution in [-0.4, -0.2) is 16.3 Å². The zero-order valence-electron chi connectivity index (χ0n) is 10.7. The Morgan fingerprint density at radius 2 is 2.14 bits per heavy atom. The lowest BCUT2D eigenvalue weighted by atomic mass is 10.3. The van der Waals surface area contributed by atoms with Gasteiger partial charge in [0, 0.05) is 5.02 Å². The summed E-state index contributed by atoms with van der Waals surface area (Å²) in [4.78, 5) is 9.81. The molecule has 0 aliphatic rings. The molecule has 2 aromatic rings. The number of thiocarbonyl (C=S) groups is 1. The van der Waals surface area contributed by atoms with Crippen molar-refractivity contribution < 1.29 is 9.34 Å². The van der Waals surface area contributed by atoms with Crippen molar-refractivity contribution in [1.82, 2.24) is 5.43 Å². The van der Waals surface area contributed by atoms with E-state index in [4.69, 9.17) is 39.8 Å². The van der Waals surface area contributed by atoms with Gasteiger partial charge in [-0.3, -0.25) is 15.5 Å². The molecule has 1 heterocycles. The second kappa shape index (κ2) is 7.21. The molecule has 0 amide bonds. The van der Waals surface area contributed by atoms with Crippen LogP contribution in [0.15, 0.2) is 39.9 Å². The average molecular weight is 359 g/mol. The number of nitro groups is 1. The third-order valence-corrected chi connectivity index (χ3v) is 3.07. The van der Waals surface area contributed by atoms with Crippen molar-refractivity contribution in [2.75, 3.05) is 5.32 Å². The van der Waals surface area contributed by atoms with Gasteiger partial charge < -0.3 is 9.73 Å². The van der Waals surface area contributed by atoms with Crippen LogP contribution < -0.4 is 10.7 Å². The number of hydrogen-bond acceptors (Lipinski definition) is 5. The number of hydrazone groups is 1. The number of benzene rings is 1. The van der Waals surface area contributed by atoms with Gasteiger partial charge in [0.2, 0.25) is 0 Å². The Morgan fingerprint density at radius 3 is 2.77 bits per heavy atom. The third kappa shape index (κ3) is 4.42. The molecule has 0 radical (unpaired) electrons. The highest BCUT2D eigenvalue weighted by Gasteiger charge is 2.10. The summed E-state index contributed by atoms with van der Waals surface area (Å²) in [5.41, 5.74) is 3.09. The van der Waals surface area contributed by atoms with Crippen molar-refractivity contribution in [3.63, 3.8) is 0 Å². The summed E-state index contributed by atoms with van der Waals surface area (Å²) in [6.45, 7) is 0. The smallest absolute Gasteiger partial charge is 0.400 e. The van der Waals surface area contributed by atoms with E-state index in [1.165, 1.54) is 18.3 Å². The molecular formula is C12H8Cl2N4O3S. The van der Waals surface area contributed by atoms with Crippen LogP contribution in [-0.2, 0) is 0 Å². The highest BCUT2D eigenvalue weighted by Crippen LogP contribution is 2.25. The number of anilines is 1. The van der Waals surface area contributed by atoms with E-state index in [1.54, 1.807) is 18.2 Å². The van der Waals surface area contributed by atoms with Crippen molar-refractivity contribution in [3.05, 3.63) is 56.3 Å². The first kappa shape index (κ1) is 16.2. The monoisotopic (exact) mass is 358 g/mol. The predicted molar refractivity (Wildman–Crippen MR) is 88.8 cm³/mol. The molecule has 0 spiro atoms. The number of nitrogens with zero attached hydrogens (tertiary/aromatic N) is 2. The molecule has 2 N–H and O–H groups in total. The summed E-state index contributed by atoms with van der Waals surface area (Å²) in [7, 11) is 0. The van der Waals surface area contributed by atoms with Crippen LogP contribution in [0.5, 0.6) is 0 Å². The molecule has 2 rings (SSSR count). The number of hydrogen-bond donors (Lipinski definition) is 2. The molecule has 22 heavy (non-hydrogen) atoms. The summed E-state index contributed by atoms with van der Waals surface area (Å²) in [6.07, 6.45) is 1.25. The zero-order valence-corrected chi connectivity index (χ0v) is 13.1. The van der Waals surface area contributed by atoms with E-state index in [0.717, 1.165) is 0 Å². The molecular weight excluding hydrogens is 351 g/mol. The summed E-state index contributed by atoms with van der Waals surface area (Å²) in [5, 5.41) is 18.2. The van der Waals surface area contributed by atoms with E-state index in [-0.39, 0.29) is 16.8 Å². The minimum atomic E-state index is -0.639. The summed E-state index contributed by atoms with van der Waals surface area (Å²) in [5.74, 6) is -0.151. The van der Waals surface area contributed by atoms with Gasteiger partial charge >= 0.3 is 5.88 Å². The van der Waals surface area contributed by atoms with Crippen molar-refractivity contribution in [1.29, 1.82) is 0 Å². The topological polar surface area (TPSA) is 92.7 Å². The van der Waals surface area contributed by atoms with Gasteiger partial charge in [-0.25, -0.2) is 0 Å². The molecule has 0 aliphatic heterocycles. The van der Waals surface area contributed by atoms with Gasteiger partial charge in [-0.1, -0.05) is 23.2 Å². The van der Waals surface area contributed by atoms with E-state index in [9.17, 15) is 10.1 Å². The molecule has 1 aromatic carbocycles. The predicted octanol–water partition coefficient (Wildman–Crippen LogP) is 3.82. The van der Waals surface area contributed by atoms with Gasteiger partial charge in [0.05, 0.1) is 23.0 Å². The molecule has 1 aromatic heterocycles. The number of furan rings is 1. The first-order valence-corrected chi connectivity index (χ1v) is 6.91. The van der Waals surface area contributed by atoms with E-state index in [1.807, 2.05) is 0 Å². The van der Waals surface area contributed by atoms with Crippen molar-refractivity contribution in [2.45, 2.75) is 0 Å². The fourth-order valence-corrected chi connectivity index (χ4v) is 2.02. The maximum atomic E-state index is 10.5. The second-order valence-electron chi connectivity index (χ2n) is 3.88. The van der Waals surface area contributed by atoms with Gasteiger partial charge in [0.25, 0.3) is 0 Å². The van der Waals surface area contributed by atoms with E-state index >= 15 is 0 Å². The fourth-order valence-electron chi connectivity index (χ4n) is 1.41. The third-order valence-electron chi connectivity index (χ3n) is 2.33. The zero-order chi connectivity index (χ0) is 16.1. The average Bonchev–Trinajstić information content (AvgIpc) is 2.91. The van der Waals surface area contributed by atoms with Crippen LogP contribution in [0.25, 0.3) is 0 Å².